The third-order valence-electron chi connectivity index (χ3n) is 6.03. The Morgan fingerprint density at radius 1 is 1.23 bits per heavy atom. The number of aryl methyl sites for hydroxylation is 2. The molecule has 1 atom stereocenters. The van der Waals surface area contributed by atoms with Crippen LogP contribution in [0.4, 0.5) is 0 Å². The molecule has 0 N–H and O–H groups in total. The summed E-state index contributed by atoms with van der Waals surface area (Å²) in [7, 11) is 0. The lowest BCUT2D eigenvalue weighted by atomic mass is 9.85. The highest BCUT2D eigenvalue weighted by atomic mass is 16.2. The fourth-order valence-corrected chi connectivity index (χ4v) is 4.20. The predicted octanol–water partition coefficient (Wildman–Crippen LogP) is 2.98. The van der Waals surface area contributed by atoms with E-state index in [2.05, 4.69) is 20.8 Å². The van der Waals surface area contributed by atoms with Crippen LogP contribution < -0.4 is 0 Å². The van der Waals surface area contributed by atoms with Crippen molar-refractivity contribution in [2.75, 3.05) is 13.1 Å². The molecule has 1 amide bonds. The summed E-state index contributed by atoms with van der Waals surface area (Å²) < 4.78 is 4.25. The second kappa shape index (κ2) is 7.64. The van der Waals surface area contributed by atoms with Gasteiger partial charge in [0.25, 0.3) is 0 Å². The largest absolute Gasteiger partial charge is 0.342 e. The first-order valence-electron chi connectivity index (χ1n) is 9.98. The topological polar surface area (TPSA) is 56.0 Å². The van der Waals surface area contributed by atoms with Gasteiger partial charge in [-0.15, -0.1) is 0 Å². The van der Waals surface area contributed by atoms with Gasteiger partial charge < -0.3 is 9.47 Å². The van der Waals surface area contributed by atoms with E-state index in [1.807, 2.05) is 28.8 Å². The fraction of sp³-hybridized carbons (Fsp3) is 0.650. The van der Waals surface area contributed by atoms with Gasteiger partial charge in [-0.2, -0.15) is 5.10 Å². The predicted molar refractivity (Wildman–Crippen MR) is 99.7 cm³/mol. The molecular weight excluding hydrogens is 326 g/mol. The summed E-state index contributed by atoms with van der Waals surface area (Å²) in [6.07, 6.45) is 12.6. The number of aromatic nitrogens is 4. The maximum atomic E-state index is 12.7. The Bertz CT molecular complexity index is 745. The summed E-state index contributed by atoms with van der Waals surface area (Å²) in [6, 6.07) is 1.98. The second-order valence-corrected chi connectivity index (χ2v) is 7.86. The molecular formula is C20H29N5O. The lowest BCUT2D eigenvalue weighted by molar-refractivity contribution is -0.132. The summed E-state index contributed by atoms with van der Waals surface area (Å²) in [5, 5.41) is 4.27. The minimum atomic E-state index is 0.238. The molecule has 2 aromatic rings. The molecule has 0 spiro atoms. The van der Waals surface area contributed by atoms with Crippen LogP contribution in [0.25, 0.3) is 0 Å². The maximum Gasteiger partial charge on any atom is 0.224 e. The van der Waals surface area contributed by atoms with Crippen molar-refractivity contribution in [2.24, 2.45) is 5.92 Å². The van der Waals surface area contributed by atoms with Crippen LogP contribution >= 0.6 is 0 Å². The molecule has 0 aromatic carbocycles. The summed E-state index contributed by atoms with van der Waals surface area (Å²) in [4.78, 5) is 19.4. The minimum Gasteiger partial charge on any atom is -0.342 e. The fourth-order valence-electron chi connectivity index (χ4n) is 4.20. The van der Waals surface area contributed by atoms with E-state index in [4.69, 9.17) is 0 Å². The number of likely N-dealkylation sites (tertiary alicyclic amines) is 1. The van der Waals surface area contributed by atoms with Gasteiger partial charge in [0.2, 0.25) is 5.91 Å². The molecule has 2 aromatic heterocycles. The summed E-state index contributed by atoms with van der Waals surface area (Å²) in [5.74, 6) is 2.61. The monoisotopic (exact) mass is 355 g/mol. The van der Waals surface area contributed by atoms with Gasteiger partial charge in [-0.05, 0) is 44.6 Å². The van der Waals surface area contributed by atoms with Crippen LogP contribution in [0.15, 0.2) is 24.7 Å². The van der Waals surface area contributed by atoms with Crippen molar-refractivity contribution in [3.8, 4) is 0 Å². The first-order valence-corrected chi connectivity index (χ1v) is 9.98. The Hall–Kier alpha value is -2.11. The molecule has 6 nitrogen and oxygen atoms in total. The maximum absolute atomic E-state index is 12.7. The molecule has 1 aliphatic carbocycles. The highest BCUT2D eigenvalue weighted by molar-refractivity contribution is 5.76. The van der Waals surface area contributed by atoms with Crippen molar-refractivity contribution in [2.45, 2.75) is 64.5 Å². The number of carbonyl (C=O) groups is 1. The van der Waals surface area contributed by atoms with Crippen LogP contribution in [0.1, 0.15) is 56.0 Å². The zero-order chi connectivity index (χ0) is 17.9. The number of rotatable bonds is 6. The summed E-state index contributed by atoms with van der Waals surface area (Å²) >= 11 is 0. The molecule has 0 radical (unpaired) electrons. The number of hydrogen-bond donors (Lipinski definition) is 0. The normalized spacial score (nSPS) is 21.0. The lowest BCUT2D eigenvalue weighted by Gasteiger charge is -2.34. The van der Waals surface area contributed by atoms with Crippen molar-refractivity contribution >= 4 is 5.91 Å². The average molecular weight is 355 g/mol. The highest BCUT2D eigenvalue weighted by Gasteiger charge is 2.28. The van der Waals surface area contributed by atoms with Gasteiger partial charge in [0.15, 0.2) is 0 Å². The average Bonchev–Trinajstić information content (AvgIpc) is 3.25. The molecule has 1 saturated heterocycles. The second-order valence-electron chi connectivity index (χ2n) is 7.86. The zero-order valence-electron chi connectivity index (χ0n) is 15.7. The summed E-state index contributed by atoms with van der Waals surface area (Å²) in [5.41, 5.74) is 1.10. The Morgan fingerprint density at radius 3 is 2.85 bits per heavy atom. The van der Waals surface area contributed by atoms with Crippen LogP contribution in [0.3, 0.4) is 0 Å². The van der Waals surface area contributed by atoms with Crippen molar-refractivity contribution in [3.63, 3.8) is 0 Å². The van der Waals surface area contributed by atoms with Gasteiger partial charge in [0.05, 0.1) is 0 Å². The molecule has 4 rings (SSSR count). The first-order chi connectivity index (χ1) is 12.7. The standard InChI is InChI=1S/C20H29N5O/c1-16-7-9-22-25(16)12-8-19(26)23-11-3-6-18(15-23)20-21-10-13-24(20)14-17-4-2-5-17/h7,9-10,13,17-18H,2-6,8,11-12,14-15H2,1H3/t18-/m1/s1. The number of imidazole rings is 1. The molecule has 1 saturated carbocycles. The number of nitrogens with zero attached hydrogens (tertiary/aromatic N) is 5. The Morgan fingerprint density at radius 2 is 2.12 bits per heavy atom. The number of carbonyl (C=O) groups excluding carboxylic acids is 1. The number of hydrogen-bond acceptors (Lipinski definition) is 3. The van der Waals surface area contributed by atoms with Gasteiger partial charge in [0, 0.05) is 62.8 Å². The number of piperidine rings is 1. The van der Waals surface area contributed by atoms with E-state index >= 15 is 0 Å². The van der Waals surface area contributed by atoms with Gasteiger partial charge >= 0.3 is 0 Å². The van der Waals surface area contributed by atoms with Crippen LogP contribution in [0, 0.1) is 12.8 Å². The van der Waals surface area contributed by atoms with Crippen molar-refractivity contribution in [3.05, 3.63) is 36.2 Å². The van der Waals surface area contributed by atoms with Crippen LogP contribution in [0.5, 0.6) is 0 Å². The molecule has 2 aliphatic rings. The van der Waals surface area contributed by atoms with Gasteiger partial charge in [-0.25, -0.2) is 4.98 Å². The molecule has 2 fully saturated rings. The van der Waals surface area contributed by atoms with Crippen molar-refractivity contribution in [1.82, 2.24) is 24.2 Å². The molecule has 6 heteroatoms. The van der Waals surface area contributed by atoms with E-state index in [9.17, 15) is 4.79 Å². The third kappa shape index (κ3) is 3.69. The van der Waals surface area contributed by atoms with Crippen LogP contribution in [-0.4, -0.2) is 43.2 Å². The molecule has 0 bridgehead atoms. The molecule has 3 heterocycles. The van der Waals surface area contributed by atoms with E-state index < -0.39 is 0 Å². The minimum absolute atomic E-state index is 0.238. The molecule has 1 aliphatic heterocycles. The SMILES string of the molecule is Cc1ccnn1CCC(=O)N1CCC[C@@H](c2nccn2CC2CCC2)C1. The first kappa shape index (κ1) is 17.3. The van der Waals surface area contributed by atoms with Crippen LogP contribution in [0.2, 0.25) is 0 Å². The Balaban J connectivity index is 1.36. The van der Waals surface area contributed by atoms with E-state index in [-0.39, 0.29) is 5.91 Å². The smallest absolute Gasteiger partial charge is 0.224 e. The third-order valence-corrected chi connectivity index (χ3v) is 6.03. The summed E-state index contributed by atoms with van der Waals surface area (Å²) in [6.45, 7) is 5.46. The zero-order valence-corrected chi connectivity index (χ0v) is 15.7. The van der Waals surface area contributed by atoms with E-state index in [0.717, 1.165) is 44.1 Å². The van der Waals surface area contributed by atoms with E-state index in [1.54, 1.807) is 6.20 Å². The van der Waals surface area contributed by atoms with E-state index in [0.29, 0.717) is 18.9 Å². The Kier molecular flexibility index (Phi) is 5.09. The van der Waals surface area contributed by atoms with Crippen LogP contribution in [-0.2, 0) is 17.9 Å². The molecule has 26 heavy (non-hydrogen) atoms. The molecule has 0 unspecified atom stereocenters. The number of amides is 1. The lowest BCUT2D eigenvalue weighted by Crippen LogP contribution is -2.40. The van der Waals surface area contributed by atoms with Gasteiger partial charge in [-0.1, -0.05) is 6.42 Å². The van der Waals surface area contributed by atoms with Crippen molar-refractivity contribution < 1.29 is 4.79 Å². The van der Waals surface area contributed by atoms with Crippen molar-refractivity contribution in [1.29, 1.82) is 0 Å². The van der Waals surface area contributed by atoms with Gasteiger partial charge in [-0.3, -0.25) is 9.48 Å². The quantitative estimate of drug-likeness (QED) is 0.800. The van der Waals surface area contributed by atoms with E-state index in [1.165, 1.54) is 25.1 Å². The van der Waals surface area contributed by atoms with Gasteiger partial charge in [0.1, 0.15) is 5.82 Å². The molecule has 140 valence electrons. The highest BCUT2D eigenvalue weighted by Crippen LogP contribution is 2.31. The Labute approximate surface area is 155 Å².